The van der Waals surface area contributed by atoms with Gasteiger partial charge in [0.2, 0.25) is 11.8 Å². The van der Waals surface area contributed by atoms with Gasteiger partial charge in [0, 0.05) is 36.7 Å². The maximum Gasteiger partial charge on any atom is 0.247 e. The number of aliphatic hydroxyl groups excluding tert-OH is 2. The normalized spacial score (nSPS) is 17.5. The Bertz CT molecular complexity index is 1400. The second-order valence-electron chi connectivity index (χ2n) is 10.3. The monoisotopic (exact) mass is 722 g/mol. The zero-order valence-electron chi connectivity index (χ0n) is 25.5. The highest BCUT2D eigenvalue weighted by Crippen LogP contribution is 2.37. The van der Waals surface area contributed by atoms with Crippen LogP contribution in [0.2, 0.25) is 0 Å². The van der Waals surface area contributed by atoms with Crippen LogP contribution in [0.1, 0.15) is 36.2 Å². The number of allylic oxidation sites excluding steroid dienone is 1. The van der Waals surface area contributed by atoms with E-state index in [4.69, 9.17) is 18.9 Å². The number of halogens is 1. The fourth-order valence-electron chi connectivity index (χ4n) is 4.93. The van der Waals surface area contributed by atoms with Crippen molar-refractivity contribution in [2.45, 2.75) is 44.9 Å². The molecular formula is C32H39IN2O9. The molecule has 0 fully saturated rings. The fraction of sp³-hybridized carbons (Fsp3) is 0.406. The van der Waals surface area contributed by atoms with E-state index in [1.165, 1.54) is 30.2 Å². The van der Waals surface area contributed by atoms with E-state index in [1.54, 1.807) is 46.3 Å². The number of hydrogen-bond donors (Lipinski definition) is 3. The highest BCUT2D eigenvalue weighted by Gasteiger charge is 2.40. The van der Waals surface area contributed by atoms with E-state index in [-0.39, 0.29) is 49.1 Å². The molecule has 2 amide bonds. The lowest BCUT2D eigenvalue weighted by atomic mass is 9.87. The lowest BCUT2D eigenvalue weighted by Gasteiger charge is -2.40. The largest absolute Gasteiger partial charge is 0.497 e. The number of benzene rings is 2. The van der Waals surface area contributed by atoms with Gasteiger partial charge < -0.3 is 39.4 Å². The van der Waals surface area contributed by atoms with Crippen LogP contribution in [-0.2, 0) is 16.0 Å². The molecule has 11 nitrogen and oxygen atoms in total. The summed E-state index contributed by atoms with van der Waals surface area (Å²) in [5, 5.41) is 23.7. The summed E-state index contributed by atoms with van der Waals surface area (Å²) in [5.41, 5.74) is 2.23. The number of carbonyl (C=O) groups excluding carboxylic acids is 3. The van der Waals surface area contributed by atoms with Crippen LogP contribution in [0.3, 0.4) is 0 Å². The van der Waals surface area contributed by atoms with E-state index >= 15 is 0 Å². The summed E-state index contributed by atoms with van der Waals surface area (Å²) >= 11 is 2.01. The number of carbonyl (C=O) groups is 3. The van der Waals surface area contributed by atoms with E-state index in [0.717, 1.165) is 11.1 Å². The summed E-state index contributed by atoms with van der Waals surface area (Å²) < 4.78 is 23.2. The van der Waals surface area contributed by atoms with Gasteiger partial charge in [-0.15, -0.1) is 0 Å². The molecule has 0 saturated heterocycles. The number of aldehydes is 1. The first-order chi connectivity index (χ1) is 21.1. The van der Waals surface area contributed by atoms with Crippen molar-refractivity contribution in [1.82, 2.24) is 10.2 Å². The average Bonchev–Trinajstić information content (AvgIpc) is 3.01. The maximum absolute atomic E-state index is 13.7. The van der Waals surface area contributed by atoms with Gasteiger partial charge in [-0.05, 0) is 84.8 Å². The van der Waals surface area contributed by atoms with Crippen molar-refractivity contribution in [2.75, 3.05) is 41.0 Å². The highest BCUT2D eigenvalue weighted by atomic mass is 127. The summed E-state index contributed by atoms with van der Waals surface area (Å²) in [6, 6.07) is 7.66. The standard InChI is InChI=1S/C32H39IN2O9/c1-19(2)12-29(38)35(10-8-21-15-23(41-3)6-7-26(21)42-4)25-16-22(32(40)34-9-11-36)17-27(30(25)39)44-31-24(33)13-20(18-37)14-28(31)43-5/h6-7,12-15,17-18,25,27,30,36,39H,8-11,16H2,1-5H3,(H,34,40)/t25-,27+,30+/m1/s1. The van der Waals surface area contributed by atoms with Crippen molar-refractivity contribution in [3.63, 3.8) is 0 Å². The van der Waals surface area contributed by atoms with Gasteiger partial charge in [-0.2, -0.15) is 0 Å². The molecule has 0 bridgehead atoms. The fourth-order valence-corrected chi connectivity index (χ4v) is 5.68. The molecule has 3 rings (SSSR count). The molecule has 1 aliphatic rings. The first kappa shape index (κ1) is 34.9. The topological polar surface area (TPSA) is 144 Å². The quantitative estimate of drug-likeness (QED) is 0.152. The minimum atomic E-state index is -1.25. The second kappa shape index (κ2) is 16.5. The van der Waals surface area contributed by atoms with Crippen LogP contribution >= 0.6 is 22.6 Å². The van der Waals surface area contributed by atoms with Gasteiger partial charge in [-0.1, -0.05) is 5.57 Å². The van der Waals surface area contributed by atoms with Gasteiger partial charge in [-0.25, -0.2) is 0 Å². The zero-order valence-corrected chi connectivity index (χ0v) is 27.6. The molecule has 2 aromatic carbocycles. The Morgan fingerprint density at radius 1 is 1.09 bits per heavy atom. The minimum Gasteiger partial charge on any atom is -0.497 e. The first-order valence-corrected chi connectivity index (χ1v) is 15.1. The molecule has 1 aliphatic carbocycles. The number of rotatable bonds is 14. The van der Waals surface area contributed by atoms with E-state index in [2.05, 4.69) is 5.32 Å². The number of nitrogens with one attached hydrogen (secondary N) is 1. The summed E-state index contributed by atoms with van der Waals surface area (Å²) in [7, 11) is 4.56. The molecule has 0 spiro atoms. The molecule has 0 saturated carbocycles. The minimum absolute atomic E-state index is 0.0316. The predicted octanol–water partition coefficient (Wildman–Crippen LogP) is 3.08. The summed E-state index contributed by atoms with van der Waals surface area (Å²) in [6.45, 7) is 3.56. The van der Waals surface area contributed by atoms with Gasteiger partial charge in [0.1, 0.15) is 30.0 Å². The maximum atomic E-state index is 13.7. The van der Waals surface area contributed by atoms with Crippen LogP contribution < -0.4 is 24.3 Å². The van der Waals surface area contributed by atoms with Crippen LogP contribution in [0.15, 0.2) is 53.6 Å². The molecule has 12 heteroatoms. The van der Waals surface area contributed by atoms with Gasteiger partial charge in [0.05, 0.1) is 37.5 Å². The Labute approximate surface area is 271 Å². The van der Waals surface area contributed by atoms with E-state index < -0.39 is 24.2 Å². The molecule has 0 unspecified atom stereocenters. The van der Waals surface area contributed by atoms with Gasteiger partial charge in [0.25, 0.3) is 0 Å². The van der Waals surface area contributed by atoms with Gasteiger partial charge >= 0.3 is 0 Å². The van der Waals surface area contributed by atoms with Crippen molar-refractivity contribution in [3.8, 4) is 23.0 Å². The van der Waals surface area contributed by atoms with Crippen molar-refractivity contribution in [1.29, 1.82) is 0 Å². The molecule has 0 aromatic heterocycles. The van der Waals surface area contributed by atoms with Gasteiger partial charge in [0.15, 0.2) is 11.5 Å². The SMILES string of the molecule is COc1ccc(OC)c(CCN(C(=O)C=C(C)C)[C@@H]2CC(C(=O)NCCO)=C[C@H](Oc3c(I)cc(C=O)cc3OC)[C@H]2O)c1. The highest BCUT2D eigenvalue weighted by molar-refractivity contribution is 14.1. The number of ether oxygens (including phenoxy) is 4. The summed E-state index contributed by atoms with van der Waals surface area (Å²) in [4.78, 5) is 39.8. The van der Waals surface area contributed by atoms with E-state index in [0.29, 0.717) is 33.3 Å². The van der Waals surface area contributed by atoms with Gasteiger partial charge in [-0.3, -0.25) is 14.4 Å². The predicted molar refractivity (Wildman–Crippen MR) is 172 cm³/mol. The number of nitrogens with zero attached hydrogens (tertiary/aromatic N) is 1. The lowest BCUT2D eigenvalue weighted by molar-refractivity contribution is -0.133. The Morgan fingerprint density at radius 2 is 1.82 bits per heavy atom. The molecule has 0 heterocycles. The lowest BCUT2D eigenvalue weighted by Crippen LogP contribution is -2.55. The molecule has 0 aliphatic heterocycles. The van der Waals surface area contributed by atoms with Crippen molar-refractivity contribution >= 4 is 40.7 Å². The second-order valence-corrected chi connectivity index (χ2v) is 11.5. The molecule has 3 N–H and O–H groups in total. The summed E-state index contributed by atoms with van der Waals surface area (Å²) in [5.74, 6) is 1.01. The molecule has 3 atom stereocenters. The smallest absolute Gasteiger partial charge is 0.247 e. The number of hydrogen-bond acceptors (Lipinski definition) is 9. The van der Waals surface area contributed by atoms with Crippen LogP contribution in [-0.4, -0.2) is 92.5 Å². The number of methoxy groups -OCH3 is 3. The average molecular weight is 723 g/mol. The molecule has 2 aromatic rings. The Kier molecular flexibility index (Phi) is 13.0. The number of amides is 2. The zero-order chi connectivity index (χ0) is 32.4. The first-order valence-electron chi connectivity index (χ1n) is 14.0. The Balaban J connectivity index is 2.06. The van der Waals surface area contributed by atoms with Crippen LogP contribution in [0.5, 0.6) is 23.0 Å². The van der Waals surface area contributed by atoms with Crippen LogP contribution in [0.25, 0.3) is 0 Å². The number of aliphatic hydroxyl groups is 2. The molecule has 44 heavy (non-hydrogen) atoms. The Morgan fingerprint density at radius 3 is 2.43 bits per heavy atom. The third-order valence-corrected chi connectivity index (χ3v) is 7.86. The van der Waals surface area contributed by atoms with Crippen molar-refractivity contribution in [2.24, 2.45) is 0 Å². The van der Waals surface area contributed by atoms with Crippen LogP contribution in [0.4, 0.5) is 0 Å². The van der Waals surface area contributed by atoms with E-state index in [9.17, 15) is 24.6 Å². The molecule has 0 radical (unpaired) electrons. The van der Waals surface area contributed by atoms with E-state index in [1.807, 2.05) is 28.7 Å². The van der Waals surface area contributed by atoms with Crippen molar-refractivity contribution < 1.29 is 43.5 Å². The summed E-state index contributed by atoms with van der Waals surface area (Å²) in [6.07, 6.45) is 1.78. The van der Waals surface area contributed by atoms with Crippen molar-refractivity contribution in [3.05, 3.63) is 68.3 Å². The van der Waals surface area contributed by atoms with Crippen LogP contribution in [0, 0.1) is 3.57 Å². The third kappa shape index (κ3) is 8.73. The third-order valence-electron chi connectivity index (χ3n) is 7.06. The molecule has 238 valence electrons. The molecular weight excluding hydrogens is 683 g/mol. The Hall–Kier alpha value is -3.62.